The maximum Gasteiger partial charge on any atom is 0.333 e. The molecule has 0 aromatic carbocycles. The van der Waals surface area contributed by atoms with Crippen LogP contribution in [-0.2, 0) is 11.2 Å². The Kier molecular flexibility index (Phi) is 5.07. The monoisotopic (exact) mass is 326 g/mol. The molecule has 0 radical (unpaired) electrons. The molecule has 0 spiro atoms. The molecule has 0 bridgehead atoms. The number of nitrogens with one attached hydrogen (secondary N) is 2. The fourth-order valence-corrected chi connectivity index (χ4v) is 2.41. The normalized spacial score (nSPS) is 12.7. The third kappa shape index (κ3) is 3.72. The molecule has 0 aliphatic carbocycles. The second kappa shape index (κ2) is 6.84. The van der Waals surface area contributed by atoms with Gasteiger partial charge in [-0.3, -0.25) is 9.89 Å². The predicted molar refractivity (Wildman–Crippen MR) is 79.0 cm³/mol. The summed E-state index contributed by atoms with van der Waals surface area (Å²) in [6.07, 6.45) is 0.613. The van der Waals surface area contributed by atoms with E-state index in [9.17, 15) is 13.6 Å². The Balaban J connectivity index is 2.10. The molecule has 23 heavy (non-hydrogen) atoms. The average Bonchev–Trinajstić information content (AvgIpc) is 3.03. The lowest BCUT2D eigenvalue weighted by molar-refractivity contribution is -0.121. The Morgan fingerprint density at radius 1 is 1.35 bits per heavy atom. The van der Waals surface area contributed by atoms with Crippen molar-refractivity contribution in [2.75, 3.05) is 0 Å². The molecule has 2 heterocycles. The van der Waals surface area contributed by atoms with Crippen LogP contribution < -0.4 is 5.32 Å². The molecule has 0 fully saturated rings. The summed E-state index contributed by atoms with van der Waals surface area (Å²) in [4.78, 5) is 16.5. The highest BCUT2D eigenvalue weighted by molar-refractivity contribution is 5.79. The summed E-state index contributed by atoms with van der Waals surface area (Å²) in [5.41, 5.74) is 1.25. The van der Waals surface area contributed by atoms with E-state index in [0.29, 0.717) is 39.7 Å². The molecule has 2 aromatic rings. The molecular weight excluding hydrogens is 306 g/mol. The lowest BCUT2D eigenvalue weighted by atomic mass is 10.1. The number of amides is 1. The van der Waals surface area contributed by atoms with E-state index < -0.39 is 6.55 Å². The van der Waals surface area contributed by atoms with Crippen molar-refractivity contribution in [1.29, 1.82) is 0 Å². The van der Waals surface area contributed by atoms with E-state index in [4.69, 9.17) is 0 Å². The van der Waals surface area contributed by atoms with Gasteiger partial charge in [0, 0.05) is 11.3 Å². The Bertz CT molecular complexity index is 693. The molecular formula is C14H20F2N6O. The van der Waals surface area contributed by atoms with Crippen LogP contribution in [-0.4, -0.2) is 30.9 Å². The molecule has 0 saturated heterocycles. The first-order valence-corrected chi connectivity index (χ1v) is 7.34. The van der Waals surface area contributed by atoms with Gasteiger partial charge in [0.25, 0.3) is 0 Å². The van der Waals surface area contributed by atoms with E-state index in [0.717, 1.165) is 0 Å². The summed E-state index contributed by atoms with van der Waals surface area (Å²) in [6, 6.07) is -0.321. The van der Waals surface area contributed by atoms with Gasteiger partial charge >= 0.3 is 6.55 Å². The zero-order valence-electron chi connectivity index (χ0n) is 13.5. The molecule has 0 aliphatic heterocycles. The number of hydrogen-bond acceptors (Lipinski definition) is 4. The van der Waals surface area contributed by atoms with Gasteiger partial charge in [-0.2, -0.15) is 19.0 Å². The highest BCUT2D eigenvalue weighted by Gasteiger charge is 2.21. The number of aromatic nitrogens is 5. The van der Waals surface area contributed by atoms with E-state index in [1.807, 2.05) is 6.92 Å². The van der Waals surface area contributed by atoms with E-state index in [1.54, 1.807) is 13.8 Å². The summed E-state index contributed by atoms with van der Waals surface area (Å²) in [6.45, 7) is 4.11. The standard InChI is InChI=1S/C14H20F2N6O/c1-5-11(13-17-9(4)19-20-13)18-12(23)6-10-7(2)21-22(8(10)3)14(15)16/h11,14H,5-6H2,1-4H3,(H,18,23)(H,17,19,20). The molecule has 0 saturated carbocycles. The van der Waals surface area contributed by atoms with Crippen LogP contribution in [0.5, 0.6) is 0 Å². The fraction of sp³-hybridized carbons (Fsp3) is 0.571. The van der Waals surface area contributed by atoms with E-state index in [1.165, 1.54) is 6.92 Å². The van der Waals surface area contributed by atoms with Crippen LogP contribution in [0.2, 0.25) is 0 Å². The van der Waals surface area contributed by atoms with Crippen molar-refractivity contribution in [3.05, 3.63) is 28.6 Å². The van der Waals surface area contributed by atoms with E-state index >= 15 is 0 Å². The zero-order chi connectivity index (χ0) is 17.1. The van der Waals surface area contributed by atoms with Crippen molar-refractivity contribution < 1.29 is 13.6 Å². The number of H-pyrrole nitrogens is 1. The average molecular weight is 326 g/mol. The van der Waals surface area contributed by atoms with Crippen LogP contribution in [0.4, 0.5) is 8.78 Å². The Morgan fingerprint density at radius 3 is 2.52 bits per heavy atom. The van der Waals surface area contributed by atoms with E-state index in [-0.39, 0.29) is 18.4 Å². The van der Waals surface area contributed by atoms with Gasteiger partial charge in [-0.05, 0) is 27.2 Å². The third-order valence-corrected chi connectivity index (χ3v) is 3.67. The summed E-state index contributed by atoms with van der Waals surface area (Å²) in [5, 5.41) is 13.4. The Morgan fingerprint density at radius 2 is 2.04 bits per heavy atom. The molecule has 1 atom stereocenters. The van der Waals surface area contributed by atoms with Gasteiger partial charge in [0.1, 0.15) is 5.82 Å². The lowest BCUT2D eigenvalue weighted by Gasteiger charge is -2.13. The zero-order valence-corrected chi connectivity index (χ0v) is 13.5. The summed E-state index contributed by atoms with van der Waals surface area (Å²) in [7, 11) is 0. The fourth-order valence-electron chi connectivity index (χ4n) is 2.41. The van der Waals surface area contributed by atoms with Gasteiger partial charge in [0.15, 0.2) is 5.82 Å². The number of halogens is 2. The minimum atomic E-state index is -2.72. The minimum absolute atomic E-state index is 0.00963. The van der Waals surface area contributed by atoms with Crippen molar-refractivity contribution in [3.63, 3.8) is 0 Å². The molecule has 2 aromatic heterocycles. The van der Waals surface area contributed by atoms with E-state index in [2.05, 4.69) is 25.6 Å². The number of carbonyl (C=O) groups excluding carboxylic acids is 1. The first kappa shape index (κ1) is 17.0. The highest BCUT2D eigenvalue weighted by atomic mass is 19.3. The first-order valence-electron chi connectivity index (χ1n) is 7.34. The van der Waals surface area contributed by atoms with Gasteiger partial charge in [-0.15, -0.1) is 0 Å². The predicted octanol–water partition coefficient (Wildman–Crippen LogP) is 2.13. The second-order valence-corrected chi connectivity index (χ2v) is 5.36. The number of alkyl halides is 2. The van der Waals surface area contributed by atoms with Crippen molar-refractivity contribution in [2.45, 2.75) is 53.1 Å². The summed E-state index contributed by atoms with van der Waals surface area (Å²) >= 11 is 0. The maximum atomic E-state index is 12.8. The smallest absolute Gasteiger partial charge is 0.333 e. The number of nitrogens with zero attached hydrogens (tertiary/aromatic N) is 4. The number of aryl methyl sites for hydroxylation is 2. The van der Waals surface area contributed by atoms with Crippen molar-refractivity contribution in [2.24, 2.45) is 0 Å². The maximum absolute atomic E-state index is 12.8. The molecule has 2 rings (SSSR count). The van der Waals surface area contributed by atoms with Gasteiger partial charge in [-0.1, -0.05) is 6.92 Å². The summed E-state index contributed by atoms with van der Waals surface area (Å²) < 4.78 is 26.3. The van der Waals surface area contributed by atoms with Crippen LogP contribution in [0, 0.1) is 20.8 Å². The quantitative estimate of drug-likeness (QED) is 0.851. The topological polar surface area (TPSA) is 88.5 Å². The van der Waals surface area contributed by atoms with Crippen molar-refractivity contribution in [3.8, 4) is 0 Å². The van der Waals surface area contributed by atoms with Crippen molar-refractivity contribution >= 4 is 5.91 Å². The SMILES string of the molecule is CCC(NC(=O)Cc1c(C)nn(C(F)F)c1C)c1n[nH]c(C)n1. The van der Waals surface area contributed by atoms with Crippen LogP contribution in [0.3, 0.4) is 0 Å². The third-order valence-electron chi connectivity index (χ3n) is 3.67. The molecule has 7 nitrogen and oxygen atoms in total. The van der Waals surface area contributed by atoms with Gasteiger partial charge in [0.2, 0.25) is 5.91 Å². The second-order valence-electron chi connectivity index (χ2n) is 5.36. The Labute approximate surface area is 132 Å². The minimum Gasteiger partial charge on any atom is -0.346 e. The number of carbonyl (C=O) groups is 1. The van der Waals surface area contributed by atoms with Crippen LogP contribution in [0.1, 0.15) is 54.5 Å². The molecule has 0 aliphatic rings. The van der Waals surface area contributed by atoms with Gasteiger partial charge in [-0.25, -0.2) is 9.67 Å². The molecule has 1 unspecified atom stereocenters. The number of aromatic amines is 1. The lowest BCUT2D eigenvalue weighted by Crippen LogP contribution is -2.30. The van der Waals surface area contributed by atoms with Crippen LogP contribution in [0.15, 0.2) is 0 Å². The molecule has 9 heteroatoms. The molecule has 126 valence electrons. The van der Waals surface area contributed by atoms with Gasteiger partial charge in [0.05, 0.1) is 18.2 Å². The number of rotatable bonds is 6. The Hall–Kier alpha value is -2.32. The van der Waals surface area contributed by atoms with Crippen LogP contribution >= 0.6 is 0 Å². The van der Waals surface area contributed by atoms with Gasteiger partial charge < -0.3 is 5.32 Å². The largest absolute Gasteiger partial charge is 0.346 e. The number of hydrogen-bond donors (Lipinski definition) is 2. The van der Waals surface area contributed by atoms with Crippen molar-refractivity contribution in [1.82, 2.24) is 30.3 Å². The van der Waals surface area contributed by atoms with Crippen LogP contribution in [0.25, 0.3) is 0 Å². The molecule has 1 amide bonds. The highest BCUT2D eigenvalue weighted by Crippen LogP contribution is 2.20. The first-order chi connectivity index (χ1) is 10.8. The molecule has 2 N–H and O–H groups in total. The summed E-state index contributed by atoms with van der Waals surface area (Å²) in [5.74, 6) is 0.895.